The molecule has 2 aliphatic heterocycles. The molecule has 4 unspecified atom stereocenters. The molecule has 1 aromatic carbocycles. The van der Waals surface area contributed by atoms with Crippen molar-refractivity contribution in [1.29, 1.82) is 0 Å². The number of nitrogens with zero attached hydrogens (tertiary/aromatic N) is 2. The Hall–Kier alpha value is -2.02. The van der Waals surface area contributed by atoms with E-state index < -0.39 is 23.6 Å². The number of hydrogen-bond acceptors (Lipinski definition) is 3. The second kappa shape index (κ2) is 7.78. The van der Waals surface area contributed by atoms with Gasteiger partial charge in [-0.15, -0.1) is 0 Å². The van der Waals surface area contributed by atoms with Gasteiger partial charge in [0.1, 0.15) is 17.7 Å². The lowest BCUT2D eigenvalue weighted by Crippen LogP contribution is -2.50. The van der Waals surface area contributed by atoms with E-state index in [9.17, 15) is 18.4 Å². The van der Waals surface area contributed by atoms with E-state index in [0.717, 1.165) is 44.2 Å². The topological polar surface area (TPSA) is 66.6 Å². The van der Waals surface area contributed by atoms with Gasteiger partial charge in [-0.3, -0.25) is 9.59 Å². The van der Waals surface area contributed by atoms with Crippen LogP contribution in [0.25, 0.3) is 0 Å². The highest BCUT2D eigenvalue weighted by Gasteiger charge is 2.49. The molecule has 7 heteroatoms. The minimum atomic E-state index is -0.875. The normalized spacial score (nSPS) is 29.8. The first-order chi connectivity index (χ1) is 13.5. The van der Waals surface area contributed by atoms with Crippen LogP contribution >= 0.6 is 0 Å². The van der Waals surface area contributed by atoms with Gasteiger partial charge in [0.05, 0.1) is 5.56 Å². The van der Waals surface area contributed by atoms with Gasteiger partial charge in [0.15, 0.2) is 0 Å². The van der Waals surface area contributed by atoms with Crippen molar-refractivity contribution in [3.63, 3.8) is 0 Å². The third-order valence-corrected chi connectivity index (χ3v) is 6.70. The molecular formula is C21H27F2N3O2. The van der Waals surface area contributed by atoms with Crippen molar-refractivity contribution in [3.8, 4) is 0 Å². The van der Waals surface area contributed by atoms with Crippen LogP contribution in [0.15, 0.2) is 18.2 Å². The zero-order valence-electron chi connectivity index (χ0n) is 15.9. The van der Waals surface area contributed by atoms with E-state index in [4.69, 9.17) is 5.73 Å². The summed E-state index contributed by atoms with van der Waals surface area (Å²) in [6, 6.07) is 2.39. The van der Waals surface area contributed by atoms with Gasteiger partial charge in [-0.1, -0.05) is 12.8 Å². The minimum Gasteiger partial charge on any atom is -0.341 e. The lowest BCUT2D eigenvalue weighted by Gasteiger charge is -2.34. The van der Waals surface area contributed by atoms with E-state index in [-0.39, 0.29) is 23.4 Å². The number of hydrogen-bond donors (Lipinski definition) is 1. The third kappa shape index (κ3) is 3.41. The summed E-state index contributed by atoms with van der Waals surface area (Å²) in [7, 11) is 0. The van der Waals surface area contributed by atoms with Crippen molar-refractivity contribution in [2.45, 2.75) is 50.6 Å². The summed E-state index contributed by atoms with van der Waals surface area (Å²) in [5.41, 5.74) is 5.59. The Bertz CT molecular complexity index is 772. The van der Waals surface area contributed by atoms with Gasteiger partial charge >= 0.3 is 0 Å². The fourth-order valence-electron chi connectivity index (χ4n) is 5.21. The van der Waals surface area contributed by atoms with Gasteiger partial charge in [-0.25, -0.2) is 8.78 Å². The van der Waals surface area contributed by atoms with Crippen LogP contribution in [0.2, 0.25) is 0 Å². The predicted molar refractivity (Wildman–Crippen MR) is 100 cm³/mol. The van der Waals surface area contributed by atoms with Crippen molar-refractivity contribution in [1.82, 2.24) is 9.80 Å². The number of fused-ring (bicyclic) bond motifs is 1. The molecule has 4 atom stereocenters. The Morgan fingerprint density at radius 3 is 2.64 bits per heavy atom. The molecule has 0 spiro atoms. The predicted octanol–water partition coefficient (Wildman–Crippen LogP) is 2.55. The fraction of sp³-hybridized carbons (Fsp3) is 0.619. The standard InChI is InChI=1S/C21H27F2N3O2/c22-15-5-6-16(17(23)10-15)20(27)26-18-4-2-1-3-14(18)9-19(26)21(28)25-8-7-13(11-24)12-25/h5-6,10,13-14,18-19H,1-4,7-9,11-12,24H2. The van der Waals surface area contributed by atoms with Crippen molar-refractivity contribution < 1.29 is 18.4 Å². The second-order valence-electron chi connectivity index (χ2n) is 8.37. The highest BCUT2D eigenvalue weighted by atomic mass is 19.1. The van der Waals surface area contributed by atoms with Crippen LogP contribution in [-0.2, 0) is 4.79 Å². The Morgan fingerprint density at radius 1 is 1.14 bits per heavy atom. The van der Waals surface area contributed by atoms with Crippen LogP contribution in [0.1, 0.15) is 48.9 Å². The number of nitrogens with two attached hydrogens (primary N) is 1. The highest BCUT2D eigenvalue weighted by Crippen LogP contribution is 2.41. The summed E-state index contributed by atoms with van der Waals surface area (Å²) < 4.78 is 27.6. The molecule has 3 fully saturated rings. The fourth-order valence-corrected chi connectivity index (χ4v) is 5.21. The number of carbonyl (C=O) groups excluding carboxylic acids is 2. The molecule has 2 saturated heterocycles. The maximum Gasteiger partial charge on any atom is 0.257 e. The van der Waals surface area contributed by atoms with Gasteiger partial charge in [0.25, 0.3) is 5.91 Å². The van der Waals surface area contributed by atoms with Crippen molar-refractivity contribution in [2.75, 3.05) is 19.6 Å². The largest absolute Gasteiger partial charge is 0.341 e. The van der Waals surface area contributed by atoms with Crippen molar-refractivity contribution >= 4 is 11.8 Å². The molecule has 2 N–H and O–H groups in total. The molecule has 0 radical (unpaired) electrons. The Kier molecular flexibility index (Phi) is 5.36. The van der Waals surface area contributed by atoms with Crippen molar-refractivity contribution in [2.24, 2.45) is 17.6 Å². The second-order valence-corrected chi connectivity index (χ2v) is 8.37. The maximum atomic E-state index is 14.3. The molecule has 1 aliphatic carbocycles. The molecule has 152 valence electrons. The molecule has 1 saturated carbocycles. The van der Waals surface area contributed by atoms with E-state index >= 15 is 0 Å². The number of benzene rings is 1. The summed E-state index contributed by atoms with van der Waals surface area (Å²) in [6.45, 7) is 1.82. The van der Waals surface area contributed by atoms with E-state index in [1.165, 1.54) is 6.07 Å². The summed E-state index contributed by atoms with van der Waals surface area (Å²) >= 11 is 0. The number of likely N-dealkylation sites (tertiary alicyclic amines) is 2. The molecule has 4 rings (SSSR count). The van der Waals surface area contributed by atoms with Gasteiger partial charge in [0.2, 0.25) is 5.91 Å². The monoisotopic (exact) mass is 391 g/mol. The van der Waals surface area contributed by atoms with E-state index in [0.29, 0.717) is 32.0 Å². The smallest absolute Gasteiger partial charge is 0.257 e. The lowest BCUT2D eigenvalue weighted by atomic mass is 9.84. The average Bonchev–Trinajstić information content (AvgIpc) is 3.31. The van der Waals surface area contributed by atoms with E-state index in [1.807, 2.05) is 0 Å². The number of halogens is 2. The molecule has 5 nitrogen and oxygen atoms in total. The Balaban J connectivity index is 1.62. The number of amides is 2. The molecule has 0 aromatic heterocycles. The van der Waals surface area contributed by atoms with Crippen LogP contribution < -0.4 is 5.73 Å². The first kappa shape index (κ1) is 19.3. The summed E-state index contributed by atoms with van der Waals surface area (Å²) in [6.07, 6.45) is 5.40. The molecular weight excluding hydrogens is 364 g/mol. The molecule has 1 aromatic rings. The van der Waals surface area contributed by atoms with Gasteiger partial charge < -0.3 is 15.5 Å². The van der Waals surface area contributed by atoms with Crippen LogP contribution in [0.3, 0.4) is 0 Å². The lowest BCUT2D eigenvalue weighted by molar-refractivity contribution is -0.134. The Morgan fingerprint density at radius 2 is 1.93 bits per heavy atom. The SMILES string of the molecule is NCC1CCN(C(=O)C2CC3CCCCC3N2C(=O)c2ccc(F)cc2F)C1. The average molecular weight is 391 g/mol. The first-order valence-corrected chi connectivity index (χ1v) is 10.3. The van der Waals surface area contributed by atoms with E-state index in [1.54, 1.807) is 9.80 Å². The molecule has 3 aliphatic rings. The van der Waals surface area contributed by atoms with Crippen LogP contribution in [-0.4, -0.2) is 53.3 Å². The van der Waals surface area contributed by atoms with E-state index in [2.05, 4.69) is 0 Å². The maximum absolute atomic E-state index is 14.3. The number of carbonyl (C=O) groups is 2. The van der Waals surface area contributed by atoms with Crippen LogP contribution in [0.4, 0.5) is 8.78 Å². The summed E-state index contributed by atoms with van der Waals surface area (Å²) in [5.74, 6) is -1.58. The quantitative estimate of drug-likeness (QED) is 0.861. The third-order valence-electron chi connectivity index (χ3n) is 6.70. The zero-order chi connectivity index (χ0) is 19.8. The molecule has 0 bridgehead atoms. The van der Waals surface area contributed by atoms with Gasteiger partial charge in [-0.05, 0) is 56.2 Å². The number of rotatable bonds is 3. The van der Waals surface area contributed by atoms with Gasteiger partial charge in [-0.2, -0.15) is 0 Å². The van der Waals surface area contributed by atoms with Crippen molar-refractivity contribution in [3.05, 3.63) is 35.4 Å². The van der Waals surface area contributed by atoms with Gasteiger partial charge in [0, 0.05) is 25.2 Å². The summed E-state index contributed by atoms with van der Waals surface area (Å²) in [5, 5.41) is 0. The minimum absolute atomic E-state index is 0.0486. The first-order valence-electron chi connectivity index (χ1n) is 10.3. The van der Waals surface area contributed by atoms with Crippen LogP contribution in [0.5, 0.6) is 0 Å². The molecule has 28 heavy (non-hydrogen) atoms. The zero-order valence-corrected chi connectivity index (χ0v) is 15.9. The van der Waals surface area contributed by atoms with Crippen LogP contribution in [0, 0.1) is 23.5 Å². The molecule has 2 amide bonds. The highest BCUT2D eigenvalue weighted by molar-refractivity contribution is 5.98. The summed E-state index contributed by atoms with van der Waals surface area (Å²) in [4.78, 5) is 29.9. The Labute approximate surface area is 163 Å². The molecule has 2 heterocycles.